The van der Waals surface area contributed by atoms with Crippen molar-refractivity contribution in [1.29, 1.82) is 0 Å². The lowest BCUT2D eigenvalue weighted by Gasteiger charge is -2.23. The van der Waals surface area contributed by atoms with Crippen molar-refractivity contribution in [2.24, 2.45) is 0 Å². The van der Waals surface area contributed by atoms with E-state index in [1.807, 2.05) is 50.3 Å². The molecule has 0 aromatic heterocycles. The van der Waals surface area contributed by atoms with E-state index in [9.17, 15) is 18.3 Å². The number of benzene rings is 2. The van der Waals surface area contributed by atoms with Crippen molar-refractivity contribution in [3.05, 3.63) is 82.9 Å². The van der Waals surface area contributed by atoms with Crippen LogP contribution in [-0.4, -0.2) is 5.11 Å². The molecule has 4 heteroatoms. The van der Waals surface area contributed by atoms with Crippen LogP contribution in [0, 0.1) is 0 Å². The van der Waals surface area contributed by atoms with Gasteiger partial charge in [0.05, 0.1) is 11.7 Å². The van der Waals surface area contributed by atoms with Gasteiger partial charge in [0.25, 0.3) is 0 Å². The van der Waals surface area contributed by atoms with Gasteiger partial charge >= 0.3 is 6.18 Å². The second-order valence-electron chi connectivity index (χ2n) is 6.03. The molecule has 0 fully saturated rings. The Labute approximate surface area is 146 Å². The van der Waals surface area contributed by atoms with Crippen LogP contribution in [0.4, 0.5) is 13.2 Å². The van der Waals surface area contributed by atoms with Gasteiger partial charge in [0.15, 0.2) is 0 Å². The number of aliphatic hydroxyl groups excluding tert-OH is 1. The van der Waals surface area contributed by atoms with Gasteiger partial charge in [-0.3, -0.25) is 0 Å². The van der Waals surface area contributed by atoms with Crippen LogP contribution in [0.5, 0.6) is 0 Å². The second kappa shape index (κ2) is 8.34. The van der Waals surface area contributed by atoms with Gasteiger partial charge in [0.1, 0.15) is 0 Å². The molecule has 1 nitrogen and oxygen atoms in total. The Hall–Kier alpha value is -2.07. The maximum Gasteiger partial charge on any atom is 0.416 e. The van der Waals surface area contributed by atoms with Crippen molar-refractivity contribution < 1.29 is 18.3 Å². The zero-order valence-corrected chi connectivity index (χ0v) is 14.4. The molecule has 134 valence electrons. The molecule has 0 saturated carbocycles. The Bertz CT molecular complexity index is 681. The molecular weight excluding hydrogens is 325 g/mol. The van der Waals surface area contributed by atoms with E-state index < -0.39 is 17.8 Å². The van der Waals surface area contributed by atoms with Crippen LogP contribution in [0.15, 0.2) is 66.2 Å². The standard InChI is InChI=1S/C21H23F3O/c1-3-15(4-2)14-19(20(25)17-8-6-5-7-9-17)16-10-12-18(13-11-16)21(22,23)24/h5-14,19-20,25H,3-4H2,1-2H3/t19-,20-/m0/s1. The summed E-state index contributed by atoms with van der Waals surface area (Å²) in [4.78, 5) is 0. The van der Waals surface area contributed by atoms with E-state index in [1.54, 1.807) is 0 Å². The van der Waals surface area contributed by atoms with Crippen LogP contribution >= 0.6 is 0 Å². The van der Waals surface area contributed by atoms with Crippen LogP contribution in [-0.2, 0) is 6.18 Å². The summed E-state index contributed by atoms with van der Waals surface area (Å²) in [6, 6.07) is 14.3. The van der Waals surface area contributed by atoms with Gasteiger partial charge < -0.3 is 5.11 Å². The minimum absolute atomic E-state index is 0.389. The molecule has 0 spiro atoms. The molecule has 1 N–H and O–H groups in total. The van der Waals surface area contributed by atoms with Crippen molar-refractivity contribution >= 4 is 0 Å². The van der Waals surface area contributed by atoms with E-state index in [1.165, 1.54) is 17.7 Å². The minimum Gasteiger partial charge on any atom is -0.387 e. The van der Waals surface area contributed by atoms with E-state index in [-0.39, 0.29) is 5.92 Å². The van der Waals surface area contributed by atoms with Crippen LogP contribution in [0.25, 0.3) is 0 Å². The van der Waals surface area contributed by atoms with E-state index in [4.69, 9.17) is 0 Å². The van der Waals surface area contributed by atoms with E-state index >= 15 is 0 Å². The van der Waals surface area contributed by atoms with Gasteiger partial charge in [-0.1, -0.05) is 68.0 Å². The third-order valence-corrected chi connectivity index (χ3v) is 4.43. The topological polar surface area (TPSA) is 20.2 Å². The number of aliphatic hydroxyl groups is 1. The lowest BCUT2D eigenvalue weighted by molar-refractivity contribution is -0.137. The Kier molecular flexibility index (Phi) is 6.43. The molecule has 0 heterocycles. The van der Waals surface area contributed by atoms with Gasteiger partial charge in [-0.15, -0.1) is 0 Å². The van der Waals surface area contributed by atoms with Gasteiger partial charge in [0.2, 0.25) is 0 Å². The molecule has 2 aromatic carbocycles. The van der Waals surface area contributed by atoms with Gasteiger partial charge in [-0.05, 0) is 36.1 Å². The van der Waals surface area contributed by atoms with Crippen molar-refractivity contribution in [2.75, 3.05) is 0 Å². The quantitative estimate of drug-likeness (QED) is 0.610. The summed E-state index contributed by atoms with van der Waals surface area (Å²) >= 11 is 0. The first kappa shape index (κ1) is 19.3. The molecule has 25 heavy (non-hydrogen) atoms. The Morgan fingerprint density at radius 1 is 0.920 bits per heavy atom. The van der Waals surface area contributed by atoms with E-state index in [0.29, 0.717) is 5.56 Å². The van der Waals surface area contributed by atoms with Gasteiger partial charge in [-0.25, -0.2) is 0 Å². The molecule has 2 aromatic rings. The smallest absolute Gasteiger partial charge is 0.387 e. The normalized spacial score (nSPS) is 14.0. The molecule has 0 aliphatic heterocycles. The molecule has 0 amide bonds. The first-order valence-corrected chi connectivity index (χ1v) is 8.46. The SMILES string of the molecule is CCC(=C[C@@H](c1ccc(C(F)(F)F)cc1)[C@@H](O)c1ccccc1)CC. The van der Waals surface area contributed by atoms with Crippen LogP contribution in [0.3, 0.4) is 0 Å². The fourth-order valence-electron chi connectivity index (χ4n) is 2.86. The highest BCUT2D eigenvalue weighted by Crippen LogP contribution is 2.36. The summed E-state index contributed by atoms with van der Waals surface area (Å²) in [6.07, 6.45) is -1.50. The average Bonchev–Trinajstić information content (AvgIpc) is 2.62. The molecule has 0 unspecified atom stereocenters. The van der Waals surface area contributed by atoms with Crippen molar-refractivity contribution in [3.8, 4) is 0 Å². The first-order valence-electron chi connectivity index (χ1n) is 8.46. The monoisotopic (exact) mass is 348 g/mol. The Balaban J connectivity index is 2.43. The van der Waals surface area contributed by atoms with Crippen molar-refractivity contribution in [1.82, 2.24) is 0 Å². The molecule has 0 bridgehead atoms. The number of alkyl halides is 3. The number of rotatable bonds is 6. The molecule has 0 radical (unpaired) electrons. The molecule has 2 rings (SSSR count). The van der Waals surface area contributed by atoms with Crippen LogP contribution < -0.4 is 0 Å². The highest BCUT2D eigenvalue weighted by atomic mass is 19.4. The molecule has 0 aliphatic carbocycles. The predicted octanol–water partition coefficient (Wildman–Crippen LogP) is 6.27. The lowest BCUT2D eigenvalue weighted by atomic mass is 9.86. The largest absolute Gasteiger partial charge is 0.416 e. The fourth-order valence-corrected chi connectivity index (χ4v) is 2.86. The Morgan fingerprint density at radius 2 is 1.48 bits per heavy atom. The minimum atomic E-state index is -4.36. The third-order valence-electron chi connectivity index (χ3n) is 4.43. The van der Waals surface area contributed by atoms with E-state index in [0.717, 1.165) is 30.5 Å². The highest BCUT2D eigenvalue weighted by molar-refractivity contribution is 5.34. The zero-order valence-electron chi connectivity index (χ0n) is 14.4. The number of hydrogen-bond donors (Lipinski definition) is 1. The zero-order chi connectivity index (χ0) is 18.4. The number of hydrogen-bond acceptors (Lipinski definition) is 1. The summed E-state index contributed by atoms with van der Waals surface area (Å²) in [5.41, 5.74) is 1.90. The summed E-state index contributed by atoms with van der Waals surface area (Å²) in [5.74, 6) is -0.389. The van der Waals surface area contributed by atoms with Crippen LogP contribution in [0.2, 0.25) is 0 Å². The molecule has 0 saturated heterocycles. The maximum absolute atomic E-state index is 12.8. The van der Waals surface area contributed by atoms with Gasteiger partial charge in [-0.2, -0.15) is 13.2 Å². The number of halogens is 3. The fraction of sp³-hybridized carbons (Fsp3) is 0.333. The summed E-state index contributed by atoms with van der Waals surface area (Å²) < 4.78 is 38.4. The Morgan fingerprint density at radius 3 is 1.96 bits per heavy atom. The van der Waals surface area contributed by atoms with Crippen molar-refractivity contribution in [3.63, 3.8) is 0 Å². The lowest BCUT2D eigenvalue weighted by Crippen LogP contribution is -2.11. The first-order chi connectivity index (χ1) is 11.9. The van der Waals surface area contributed by atoms with Crippen LogP contribution in [0.1, 0.15) is 55.4 Å². The molecular formula is C21H23F3O. The second-order valence-corrected chi connectivity index (χ2v) is 6.03. The number of allylic oxidation sites excluding steroid dienone is 1. The average molecular weight is 348 g/mol. The maximum atomic E-state index is 12.8. The predicted molar refractivity (Wildman–Crippen MR) is 94.3 cm³/mol. The summed E-state index contributed by atoms with van der Waals surface area (Å²) in [5, 5.41) is 10.8. The summed E-state index contributed by atoms with van der Waals surface area (Å²) in [6.45, 7) is 4.07. The van der Waals surface area contributed by atoms with Gasteiger partial charge in [0, 0.05) is 5.92 Å². The van der Waals surface area contributed by atoms with E-state index in [2.05, 4.69) is 0 Å². The third kappa shape index (κ3) is 4.95. The summed E-state index contributed by atoms with van der Waals surface area (Å²) in [7, 11) is 0. The highest BCUT2D eigenvalue weighted by Gasteiger charge is 2.30. The molecule has 0 aliphatic rings. The molecule has 2 atom stereocenters. The van der Waals surface area contributed by atoms with Crippen molar-refractivity contribution in [2.45, 2.75) is 44.9 Å².